The van der Waals surface area contributed by atoms with Gasteiger partial charge in [-0.05, 0) is 26.2 Å². The van der Waals surface area contributed by atoms with Gasteiger partial charge >= 0.3 is 0 Å². The summed E-state index contributed by atoms with van der Waals surface area (Å²) in [6.07, 6.45) is 2.30. The van der Waals surface area contributed by atoms with E-state index in [1.165, 1.54) is 0 Å². The number of aliphatic hydroxyl groups is 1. The molecule has 0 saturated carbocycles. The molecule has 0 aromatic carbocycles. The largest absolute Gasteiger partial charge is 0.393 e. The molecule has 0 spiro atoms. The molecule has 0 unspecified atom stereocenters. The van der Waals surface area contributed by atoms with Gasteiger partial charge in [0.15, 0.2) is 11.7 Å². The smallest absolute Gasteiger partial charge is 0.194 e. The number of nitrogens with zero attached hydrogens (tertiary/aromatic N) is 3. The number of rotatable bonds is 4. The van der Waals surface area contributed by atoms with Crippen LogP contribution in [0.25, 0.3) is 0 Å². The lowest BCUT2D eigenvalue weighted by Gasteiger charge is -2.32. The summed E-state index contributed by atoms with van der Waals surface area (Å²) in [4.78, 5) is 6.78. The van der Waals surface area contributed by atoms with E-state index in [2.05, 4.69) is 27.3 Å². The lowest BCUT2D eigenvalue weighted by Crippen LogP contribution is -2.46. The minimum absolute atomic E-state index is 0.171. The lowest BCUT2D eigenvalue weighted by molar-refractivity contribution is 0.108. The maximum absolute atomic E-state index is 9.57. The summed E-state index contributed by atoms with van der Waals surface area (Å²) in [6, 6.07) is 1.95. The molecule has 6 nitrogen and oxygen atoms in total. The fourth-order valence-electron chi connectivity index (χ4n) is 2.25. The maximum atomic E-state index is 9.57. The number of aliphatic hydroxyl groups excluding tert-OH is 1. The quantitative estimate of drug-likeness (QED) is 0.639. The highest BCUT2D eigenvalue weighted by molar-refractivity contribution is 5.80. The van der Waals surface area contributed by atoms with Gasteiger partial charge in [-0.1, -0.05) is 12.1 Å². The van der Waals surface area contributed by atoms with Gasteiger partial charge in [0.05, 0.1) is 11.8 Å². The van der Waals surface area contributed by atoms with Gasteiger partial charge in [0, 0.05) is 25.7 Å². The normalized spacial score (nSPS) is 17.6. The summed E-state index contributed by atoms with van der Waals surface area (Å²) in [5, 5.41) is 16.8. The fourth-order valence-corrected chi connectivity index (χ4v) is 2.25. The van der Waals surface area contributed by atoms with Crippen molar-refractivity contribution in [3.63, 3.8) is 0 Å². The van der Waals surface area contributed by atoms with Gasteiger partial charge in [-0.15, -0.1) is 0 Å². The first-order valence-electron chi connectivity index (χ1n) is 7.38. The molecule has 2 N–H and O–H groups in total. The molecule has 0 amide bonds. The van der Waals surface area contributed by atoms with Crippen LogP contribution in [-0.4, -0.2) is 46.9 Å². The van der Waals surface area contributed by atoms with Gasteiger partial charge in [0.2, 0.25) is 0 Å². The number of hydrogen-bond acceptors (Lipinski definition) is 4. The standard InChI is InChI=1S/C14H24N4O2/c1-3-11-9-13(20-17-11)10-16-14(15-4-2)18-7-5-12(19)6-8-18/h9,12,19H,3-8,10H2,1-2H3,(H,15,16). The lowest BCUT2D eigenvalue weighted by atomic mass is 10.1. The monoisotopic (exact) mass is 280 g/mol. The van der Waals surface area contributed by atoms with E-state index in [0.717, 1.165) is 56.3 Å². The molecule has 0 aliphatic carbocycles. The van der Waals surface area contributed by atoms with Crippen molar-refractivity contribution < 1.29 is 9.63 Å². The average Bonchev–Trinajstić information content (AvgIpc) is 2.92. The van der Waals surface area contributed by atoms with Crippen LogP contribution in [0.5, 0.6) is 0 Å². The highest BCUT2D eigenvalue weighted by atomic mass is 16.5. The minimum atomic E-state index is -0.171. The minimum Gasteiger partial charge on any atom is -0.393 e. The van der Waals surface area contributed by atoms with Crippen molar-refractivity contribution in [2.75, 3.05) is 19.6 Å². The van der Waals surface area contributed by atoms with Crippen molar-refractivity contribution >= 4 is 5.96 Å². The second-order valence-electron chi connectivity index (χ2n) is 5.03. The average molecular weight is 280 g/mol. The maximum Gasteiger partial charge on any atom is 0.194 e. The molecule has 1 fully saturated rings. The van der Waals surface area contributed by atoms with Crippen LogP contribution in [0.2, 0.25) is 0 Å². The summed E-state index contributed by atoms with van der Waals surface area (Å²) >= 11 is 0. The van der Waals surface area contributed by atoms with E-state index in [1.54, 1.807) is 0 Å². The Hall–Kier alpha value is -1.56. The highest BCUT2D eigenvalue weighted by Crippen LogP contribution is 2.11. The van der Waals surface area contributed by atoms with Crippen LogP contribution in [0, 0.1) is 0 Å². The third-order valence-electron chi connectivity index (χ3n) is 3.45. The van der Waals surface area contributed by atoms with Gasteiger partial charge in [-0.25, -0.2) is 4.99 Å². The summed E-state index contributed by atoms with van der Waals surface area (Å²) in [7, 11) is 0. The number of guanidine groups is 1. The van der Waals surface area contributed by atoms with Crippen LogP contribution >= 0.6 is 0 Å². The molecule has 1 aromatic rings. The Morgan fingerprint density at radius 3 is 2.85 bits per heavy atom. The van der Waals surface area contributed by atoms with Crippen molar-refractivity contribution in [1.29, 1.82) is 0 Å². The van der Waals surface area contributed by atoms with Crippen LogP contribution in [0.3, 0.4) is 0 Å². The molecule has 0 bridgehead atoms. The first kappa shape index (κ1) is 14.8. The summed E-state index contributed by atoms with van der Waals surface area (Å²) in [5.41, 5.74) is 0.960. The Balaban J connectivity index is 1.97. The van der Waals surface area contributed by atoms with E-state index in [9.17, 15) is 5.11 Å². The number of piperidine rings is 1. The molecule has 0 atom stereocenters. The number of aromatic nitrogens is 1. The molecule has 0 radical (unpaired) electrons. The molecule has 2 rings (SSSR count). The van der Waals surface area contributed by atoms with E-state index in [-0.39, 0.29) is 6.10 Å². The van der Waals surface area contributed by atoms with Crippen LogP contribution in [0.4, 0.5) is 0 Å². The second-order valence-corrected chi connectivity index (χ2v) is 5.03. The van der Waals surface area contributed by atoms with Crippen LogP contribution in [-0.2, 0) is 13.0 Å². The van der Waals surface area contributed by atoms with Crippen LogP contribution < -0.4 is 5.32 Å². The Bertz CT molecular complexity index is 436. The first-order valence-corrected chi connectivity index (χ1v) is 7.38. The Morgan fingerprint density at radius 2 is 2.25 bits per heavy atom. The number of hydrogen-bond donors (Lipinski definition) is 2. The summed E-state index contributed by atoms with van der Waals surface area (Å²) in [5.74, 6) is 1.67. The van der Waals surface area contributed by atoms with Gasteiger partial charge in [-0.2, -0.15) is 0 Å². The van der Waals surface area contributed by atoms with Crippen molar-refractivity contribution in [3.8, 4) is 0 Å². The number of nitrogens with one attached hydrogen (secondary N) is 1. The van der Waals surface area contributed by atoms with E-state index >= 15 is 0 Å². The fraction of sp³-hybridized carbons (Fsp3) is 0.714. The summed E-state index contributed by atoms with van der Waals surface area (Å²) in [6.45, 7) is 7.10. The zero-order valence-electron chi connectivity index (χ0n) is 12.3. The number of likely N-dealkylation sites (tertiary alicyclic amines) is 1. The molecule has 1 saturated heterocycles. The SMILES string of the molecule is CCNC(=NCc1cc(CC)no1)N1CCC(O)CC1. The van der Waals surface area contributed by atoms with E-state index in [0.29, 0.717) is 6.54 Å². The third-order valence-corrected chi connectivity index (χ3v) is 3.45. The molecule has 112 valence electrons. The van der Waals surface area contributed by atoms with Gasteiger partial charge in [0.1, 0.15) is 6.54 Å². The van der Waals surface area contributed by atoms with E-state index < -0.39 is 0 Å². The first-order chi connectivity index (χ1) is 9.72. The van der Waals surface area contributed by atoms with E-state index in [1.807, 2.05) is 13.0 Å². The molecular formula is C14H24N4O2. The van der Waals surface area contributed by atoms with Crippen LogP contribution in [0.15, 0.2) is 15.6 Å². The Kier molecular flexibility index (Phi) is 5.40. The molecular weight excluding hydrogens is 256 g/mol. The molecule has 1 aliphatic heterocycles. The zero-order chi connectivity index (χ0) is 14.4. The zero-order valence-corrected chi connectivity index (χ0v) is 12.3. The van der Waals surface area contributed by atoms with Crippen molar-refractivity contribution in [2.24, 2.45) is 4.99 Å². The third kappa shape index (κ3) is 3.96. The van der Waals surface area contributed by atoms with Crippen LogP contribution in [0.1, 0.15) is 38.1 Å². The molecule has 6 heteroatoms. The summed E-state index contributed by atoms with van der Waals surface area (Å²) < 4.78 is 5.25. The predicted molar refractivity (Wildman–Crippen MR) is 77.5 cm³/mol. The van der Waals surface area contributed by atoms with Crippen molar-refractivity contribution in [3.05, 3.63) is 17.5 Å². The Morgan fingerprint density at radius 1 is 1.50 bits per heavy atom. The molecule has 20 heavy (non-hydrogen) atoms. The number of aryl methyl sites for hydroxylation is 1. The predicted octanol–water partition coefficient (Wildman–Crippen LogP) is 1.16. The second kappa shape index (κ2) is 7.28. The molecule has 1 aliphatic rings. The highest BCUT2D eigenvalue weighted by Gasteiger charge is 2.19. The number of aliphatic imine (C=N–C) groups is 1. The van der Waals surface area contributed by atoms with Crippen molar-refractivity contribution in [1.82, 2.24) is 15.4 Å². The molecule has 1 aromatic heterocycles. The topological polar surface area (TPSA) is 73.9 Å². The Labute approximate surface area is 119 Å². The van der Waals surface area contributed by atoms with Crippen molar-refractivity contribution in [2.45, 2.75) is 45.8 Å². The molecule has 2 heterocycles. The van der Waals surface area contributed by atoms with Gasteiger partial charge in [-0.3, -0.25) is 0 Å². The van der Waals surface area contributed by atoms with E-state index in [4.69, 9.17) is 4.52 Å². The van der Waals surface area contributed by atoms with Gasteiger partial charge in [0.25, 0.3) is 0 Å². The van der Waals surface area contributed by atoms with Gasteiger partial charge < -0.3 is 19.8 Å².